The first-order valence-electron chi connectivity index (χ1n) is 13.7. The molecule has 0 aromatic heterocycles. The van der Waals surface area contributed by atoms with Crippen LogP contribution in [0.5, 0.6) is 0 Å². The van der Waals surface area contributed by atoms with Gasteiger partial charge in [-0.1, -0.05) is 53.9 Å². The lowest BCUT2D eigenvalue weighted by molar-refractivity contribution is -0.128. The molecule has 4 aliphatic rings. The van der Waals surface area contributed by atoms with E-state index < -0.39 is 7.82 Å². The Bertz CT molecular complexity index is 704. The Morgan fingerprint density at radius 3 is 2.28 bits per heavy atom. The molecular formula is C27H49O4P. The van der Waals surface area contributed by atoms with Gasteiger partial charge in [0.25, 0.3) is 0 Å². The van der Waals surface area contributed by atoms with Gasteiger partial charge in [0, 0.05) is 0 Å². The first kappa shape index (κ1) is 25.2. The van der Waals surface area contributed by atoms with E-state index in [1.165, 1.54) is 57.8 Å². The molecule has 4 nitrogen and oxygen atoms in total. The molecule has 0 heterocycles. The number of rotatable bonds is 7. The van der Waals surface area contributed by atoms with Crippen LogP contribution in [0.25, 0.3) is 0 Å². The summed E-state index contributed by atoms with van der Waals surface area (Å²) in [5, 5.41) is 0. The molecule has 32 heavy (non-hydrogen) atoms. The Hall–Kier alpha value is 0.110. The van der Waals surface area contributed by atoms with Gasteiger partial charge in [-0.25, -0.2) is 4.57 Å². The second-order valence-electron chi connectivity index (χ2n) is 13.2. The second-order valence-corrected chi connectivity index (χ2v) is 14.4. The molecule has 2 N–H and O–H groups in total. The van der Waals surface area contributed by atoms with Crippen molar-refractivity contribution < 1.29 is 18.9 Å². The monoisotopic (exact) mass is 468 g/mol. The Kier molecular flexibility index (Phi) is 7.32. The molecule has 0 aliphatic heterocycles. The van der Waals surface area contributed by atoms with E-state index in [0.29, 0.717) is 16.7 Å². The average molecular weight is 469 g/mol. The molecule has 4 aliphatic carbocycles. The molecule has 4 rings (SSSR count). The lowest BCUT2D eigenvalue weighted by Crippen LogP contribution is -2.54. The zero-order valence-electron chi connectivity index (χ0n) is 21.3. The maximum atomic E-state index is 11.4. The molecule has 0 bridgehead atoms. The van der Waals surface area contributed by atoms with Gasteiger partial charge in [-0.15, -0.1) is 0 Å². The molecule has 9 atom stereocenters. The fourth-order valence-electron chi connectivity index (χ4n) is 9.53. The van der Waals surface area contributed by atoms with Crippen LogP contribution in [0.1, 0.15) is 112 Å². The summed E-state index contributed by atoms with van der Waals surface area (Å²) >= 11 is 0. The lowest BCUT2D eigenvalue weighted by Gasteiger charge is -2.61. The summed E-state index contributed by atoms with van der Waals surface area (Å²) < 4.78 is 16.5. The first-order valence-corrected chi connectivity index (χ1v) is 15.2. The van der Waals surface area contributed by atoms with Crippen molar-refractivity contribution >= 4 is 7.82 Å². The van der Waals surface area contributed by atoms with Crippen molar-refractivity contribution in [2.75, 3.05) is 0 Å². The highest BCUT2D eigenvalue weighted by atomic mass is 31.2. The van der Waals surface area contributed by atoms with Crippen molar-refractivity contribution in [3.63, 3.8) is 0 Å². The molecule has 5 heteroatoms. The molecule has 4 saturated carbocycles. The van der Waals surface area contributed by atoms with E-state index in [1.807, 2.05) is 0 Å². The Morgan fingerprint density at radius 1 is 0.906 bits per heavy atom. The molecule has 186 valence electrons. The van der Waals surface area contributed by atoms with Crippen molar-refractivity contribution in [2.24, 2.45) is 52.3 Å². The van der Waals surface area contributed by atoms with E-state index in [2.05, 4.69) is 34.6 Å². The predicted octanol–water partition coefficient (Wildman–Crippen LogP) is 7.59. The van der Waals surface area contributed by atoms with Crippen LogP contribution >= 0.6 is 7.82 Å². The number of hydrogen-bond donors (Lipinski definition) is 2. The standard InChI is InChI=1S/C27H49O4P/c1-18(2)7-6-8-19(3)23-11-12-24-22-10-9-20-17-21(31-32(28,29)30)13-15-26(20,4)25(22)14-16-27(23,24)5/h18-25H,6-17H2,1-5H3,(H2,28,29,30)/t19-,20+,21-,22-,23+,24-,25-,26-,27+/m0/s1. The van der Waals surface area contributed by atoms with E-state index in [4.69, 9.17) is 4.52 Å². The maximum Gasteiger partial charge on any atom is 0.469 e. The number of phosphoric ester groups is 1. The molecule has 0 spiro atoms. The van der Waals surface area contributed by atoms with Crippen LogP contribution in [0.3, 0.4) is 0 Å². The third-order valence-corrected chi connectivity index (χ3v) is 11.7. The molecule has 0 unspecified atom stereocenters. The predicted molar refractivity (Wildman–Crippen MR) is 130 cm³/mol. The van der Waals surface area contributed by atoms with Gasteiger partial charge >= 0.3 is 7.82 Å². The number of fused-ring (bicyclic) bond motifs is 5. The van der Waals surface area contributed by atoms with Crippen LogP contribution in [0.15, 0.2) is 0 Å². The topological polar surface area (TPSA) is 66.8 Å². The van der Waals surface area contributed by atoms with Crippen molar-refractivity contribution in [3.8, 4) is 0 Å². The zero-order valence-corrected chi connectivity index (χ0v) is 22.2. The molecule has 0 aromatic rings. The van der Waals surface area contributed by atoms with E-state index in [1.54, 1.807) is 0 Å². The lowest BCUT2D eigenvalue weighted by atomic mass is 9.44. The Balaban J connectivity index is 1.43. The van der Waals surface area contributed by atoms with E-state index in [-0.39, 0.29) is 6.10 Å². The summed E-state index contributed by atoms with van der Waals surface area (Å²) in [5.74, 6) is 5.69. The highest BCUT2D eigenvalue weighted by molar-refractivity contribution is 7.46. The van der Waals surface area contributed by atoms with Gasteiger partial charge in [-0.3, -0.25) is 4.52 Å². The van der Waals surface area contributed by atoms with Crippen LogP contribution in [0, 0.1) is 52.3 Å². The summed E-state index contributed by atoms with van der Waals surface area (Å²) in [6.07, 6.45) is 14.8. The molecular weight excluding hydrogens is 419 g/mol. The minimum Gasteiger partial charge on any atom is -0.303 e. The summed E-state index contributed by atoms with van der Waals surface area (Å²) in [4.78, 5) is 18.6. The van der Waals surface area contributed by atoms with E-state index in [9.17, 15) is 14.4 Å². The fourth-order valence-corrected chi connectivity index (χ4v) is 10.1. The molecule has 0 amide bonds. The van der Waals surface area contributed by atoms with E-state index in [0.717, 1.165) is 54.8 Å². The van der Waals surface area contributed by atoms with Crippen LogP contribution in [0.4, 0.5) is 0 Å². The largest absolute Gasteiger partial charge is 0.469 e. The fraction of sp³-hybridized carbons (Fsp3) is 1.00. The van der Waals surface area contributed by atoms with Gasteiger partial charge in [0.1, 0.15) is 0 Å². The highest BCUT2D eigenvalue weighted by Gasteiger charge is 2.60. The number of hydrogen-bond acceptors (Lipinski definition) is 2. The van der Waals surface area contributed by atoms with Crippen LogP contribution in [-0.2, 0) is 9.09 Å². The van der Waals surface area contributed by atoms with Crippen LogP contribution in [0.2, 0.25) is 0 Å². The van der Waals surface area contributed by atoms with Crippen molar-refractivity contribution in [2.45, 2.75) is 118 Å². The van der Waals surface area contributed by atoms with Crippen molar-refractivity contribution in [3.05, 3.63) is 0 Å². The normalized spacial score (nSPS) is 45.2. The molecule has 0 aromatic carbocycles. The van der Waals surface area contributed by atoms with Gasteiger partial charge < -0.3 is 9.79 Å². The number of phosphoric acid groups is 1. The Morgan fingerprint density at radius 2 is 1.59 bits per heavy atom. The quantitative estimate of drug-likeness (QED) is 0.378. The molecule has 0 radical (unpaired) electrons. The summed E-state index contributed by atoms with van der Waals surface area (Å²) in [5.41, 5.74) is 0.863. The summed E-state index contributed by atoms with van der Waals surface area (Å²) in [6, 6.07) is 0. The van der Waals surface area contributed by atoms with E-state index >= 15 is 0 Å². The van der Waals surface area contributed by atoms with Crippen molar-refractivity contribution in [1.82, 2.24) is 0 Å². The van der Waals surface area contributed by atoms with Gasteiger partial charge in [-0.2, -0.15) is 0 Å². The van der Waals surface area contributed by atoms with Gasteiger partial charge in [0.15, 0.2) is 0 Å². The van der Waals surface area contributed by atoms with Gasteiger partial charge in [0.2, 0.25) is 0 Å². The third-order valence-electron chi connectivity index (χ3n) is 11.1. The summed E-state index contributed by atoms with van der Waals surface area (Å²) in [7, 11) is -4.39. The second kappa shape index (κ2) is 9.29. The first-order chi connectivity index (χ1) is 14.9. The van der Waals surface area contributed by atoms with Crippen LogP contribution < -0.4 is 0 Å². The molecule has 4 fully saturated rings. The minimum atomic E-state index is -4.39. The molecule has 0 saturated heterocycles. The van der Waals surface area contributed by atoms with Crippen LogP contribution in [-0.4, -0.2) is 15.9 Å². The minimum absolute atomic E-state index is 0.262. The van der Waals surface area contributed by atoms with Gasteiger partial charge in [-0.05, 0) is 110 Å². The highest BCUT2D eigenvalue weighted by Crippen LogP contribution is 2.68. The maximum absolute atomic E-state index is 11.4. The zero-order chi connectivity index (χ0) is 23.3. The van der Waals surface area contributed by atoms with Gasteiger partial charge in [0.05, 0.1) is 6.10 Å². The summed E-state index contributed by atoms with van der Waals surface area (Å²) in [6.45, 7) is 12.4. The average Bonchev–Trinajstić information content (AvgIpc) is 3.04. The van der Waals surface area contributed by atoms with Crippen molar-refractivity contribution in [1.29, 1.82) is 0 Å². The Labute approximate surface area is 196 Å². The smallest absolute Gasteiger partial charge is 0.303 e. The SMILES string of the molecule is CC(C)CCC[C@H](C)[C@H]1CC[C@H]2[C@@H]3CC[C@@H]4C[C@@H](OP(=O)(O)O)CC[C@]4(C)[C@H]3CC[C@]12C. The third kappa shape index (κ3) is 4.77.